The minimum Gasteiger partial charge on any atom is -0.396 e. The summed E-state index contributed by atoms with van der Waals surface area (Å²) in [4.78, 5) is 0.335. The lowest BCUT2D eigenvalue weighted by Crippen LogP contribution is -2.01. The summed E-state index contributed by atoms with van der Waals surface area (Å²) in [5, 5.41) is 12.1. The summed E-state index contributed by atoms with van der Waals surface area (Å²) in [6, 6.07) is 15.1. The van der Waals surface area contributed by atoms with Gasteiger partial charge in [0, 0.05) is 25.1 Å². The molecule has 0 aliphatic heterocycles. The third kappa shape index (κ3) is 7.02. The number of hydrogen-bond donors (Lipinski definition) is 2. The quantitative estimate of drug-likeness (QED) is 0.483. The molecule has 0 radical (unpaired) electrons. The first-order valence-corrected chi connectivity index (χ1v) is 10.8. The van der Waals surface area contributed by atoms with Crippen molar-refractivity contribution in [2.45, 2.75) is 30.6 Å². The van der Waals surface area contributed by atoms with Crippen LogP contribution < -0.4 is 5.32 Å². The van der Waals surface area contributed by atoms with Crippen LogP contribution in [0.3, 0.4) is 0 Å². The van der Waals surface area contributed by atoms with Gasteiger partial charge in [-0.3, -0.25) is 0 Å². The van der Waals surface area contributed by atoms with Gasteiger partial charge in [0.1, 0.15) is 0 Å². The maximum atomic E-state index is 11.5. The van der Waals surface area contributed by atoms with Crippen LogP contribution in [0.5, 0.6) is 0 Å². The Bertz CT molecular complexity index is 794. The van der Waals surface area contributed by atoms with E-state index in [0.29, 0.717) is 4.90 Å². The molecule has 5 heteroatoms. The SMILES string of the molecule is CS(=O)(=O)c1ccc(C=Cc2ccc(NCCCCCCO)cc2)cc1. The predicted octanol–water partition coefficient (Wildman–Crippen LogP) is 4.23. The molecule has 0 aliphatic carbocycles. The zero-order chi connectivity index (χ0) is 18.8. The Morgan fingerprint density at radius 2 is 1.38 bits per heavy atom. The molecule has 0 saturated heterocycles. The molecule has 2 rings (SSSR count). The van der Waals surface area contributed by atoms with Crippen molar-refractivity contribution >= 4 is 27.7 Å². The molecular weight excluding hydrogens is 346 g/mol. The molecule has 4 nitrogen and oxygen atoms in total. The van der Waals surface area contributed by atoms with Gasteiger partial charge in [0.2, 0.25) is 0 Å². The van der Waals surface area contributed by atoms with Gasteiger partial charge >= 0.3 is 0 Å². The Hall–Kier alpha value is -2.11. The van der Waals surface area contributed by atoms with Crippen molar-refractivity contribution in [3.63, 3.8) is 0 Å². The standard InChI is InChI=1S/C21H27NO3S/c1-26(24,25)21-14-10-19(11-15-21)7-6-18-8-12-20(13-9-18)22-16-4-2-3-5-17-23/h6-15,22-23H,2-5,16-17H2,1H3. The molecule has 0 fully saturated rings. The highest BCUT2D eigenvalue weighted by Gasteiger charge is 2.05. The molecule has 0 saturated carbocycles. The van der Waals surface area contributed by atoms with Crippen LogP contribution in [0.1, 0.15) is 36.8 Å². The Morgan fingerprint density at radius 1 is 0.846 bits per heavy atom. The first-order chi connectivity index (χ1) is 12.5. The summed E-state index contributed by atoms with van der Waals surface area (Å²) in [5.74, 6) is 0. The molecule has 0 bridgehead atoms. The topological polar surface area (TPSA) is 66.4 Å². The number of nitrogens with one attached hydrogen (secondary N) is 1. The molecule has 2 N–H and O–H groups in total. The van der Waals surface area contributed by atoms with Crippen LogP contribution in [0.4, 0.5) is 5.69 Å². The summed E-state index contributed by atoms with van der Waals surface area (Å²) in [5.41, 5.74) is 3.15. The predicted molar refractivity (Wildman–Crippen MR) is 109 cm³/mol. The summed E-state index contributed by atoms with van der Waals surface area (Å²) >= 11 is 0. The van der Waals surface area contributed by atoms with Crippen LogP contribution >= 0.6 is 0 Å². The molecule has 26 heavy (non-hydrogen) atoms. The molecule has 0 unspecified atom stereocenters. The lowest BCUT2D eigenvalue weighted by molar-refractivity contribution is 0.283. The lowest BCUT2D eigenvalue weighted by Gasteiger charge is -2.06. The first-order valence-electron chi connectivity index (χ1n) is 8.92. The number of aliphatic hydroxyl groups excluding tert-OH is 1. The molecular formula is C21H27NO3S. The third-order valence-corrected chi connectivity index (χ3v) is 5.23. The Balaban J connectivity index is 1.83. The largest absolute Gasteiger partial charge is 0.396 e. The van der Waals surface area contributed by atoms with Gasteiger partial charge in [-0.1, -0.05) is 49.3 Å². The molecule has 0 aromatic heterocycles. The number of aliphatic hydroxyl groups is 1. The smallest absolute Gasteiger partial charge is 0.175 e. The summed E-state index contributed by atoms with van der Waals surface area (Å²) < 4.78 is 22.9. The fourth-order valence-electron chi connectivity index (χ4n) is 2.55. The van der Waals surface area contributed by atoms with Crippen LogP contribution in [0.15, 0.2) is 53.4 Å². The molecule has 2 aromatic rings. The van der Waals surface area contributed by atoms with Crippen molar-refractivity contribution in [1.29, 1.82) is 0 Å². The maximum absolute atomic E-state index is 11.5. The zero-order valence-corrected chi connectivity index (χ0v) is 16.0. The van der Waals surface area contributed by atoms with E-state index in [2.05, 4.69) is 29.6 Å². The van der Waals surface area contributed by atoms with Gasteiger partial charge in [0.25, 0.3) is 0 Å². The van der Waals surface area contributed by atoms with Crippen molar-refractivity contribution in [2.75, 3.05) is 24.7 Å². The second-order valence-corrected chi connectivity index (χ2v) is 8.38. The highest BCUT2D eigenvalue weighted by molar-refractivity contribution is 7.90. The van der Waals surface area contributed by atoms with Crippen LogP contribution in [-0.2, 0) is 9.84 Å². The summed E-state index contributed by atoms with van der Waals surface area (Å²) in [6.45, 7) is 1.22. The summed E-state index contributed by atoms with van der Waals surface area (Å²) in [6.07, 6.45) is 9.38. The van der Waals surface area contributed by atoms with E-state index in [1.807, 2.05) is 12.2 Å². The second-order valence-electron chi connectivity index (χ2n) is 6.36. The highest BCUT2D eigenvalue weighted by atomic mass is 32.2. The third-order valence-electron chi connectivity index (χ3n) is 4.10. The van der Waals surface area contributed by atoms with Crippen LogP contribution in [0.2, 0.25) is 0 Å². The van der Waals surface area contributed by atoms with Gasteiger partial charge < -0.3 is 10.4 Å². The number of unbranched alkanes of at least 4 members (excludes halogenated alkanes) is 3. The number of hydrogen-bond acceptors (Lipinski definition) is 4. The van der Waals surface area contributed by atoms with E-state index in [1.165, 1.54) is 6.26 Å². The molecule has 0 atom stereocenters. The minimum atomic E-state index is -3.15. The van der Waals surface area contributed by atoms with E-state index in [4.69, 9.17) is 5.11 Å². The molecule has 0 heterocycles. The van der Waals surface area contributed by atoms with Crippen molar-refractivity contribution in [3.05, 3.63) is 59.7 Å². The molecule has 0 amide bonds. The maximum Gasteiger partial charge on any atom is 0.175 e. The number of rotatable bonds is 10. The normalized spacial score (nSPS) is 11.8. The zero-order valence-electron chi connectivity index (χ0n) is 15.2. The highest BCUT2D eigenvalue weighted by Crippen LogP contribution is 2.15. The van der Waals surface area contributed by atoms with Gasteiger partial charge in [-0.05, 0) is 48.2 Å². The van der Waals surface area contributed by atoms with Crippen molar-refractivity contribution in [3.8, 4) is 0 Å². The van der Waals surface area contributed by atoms with E-state index in [1.54, 1.807) is 24.3 Å². The molecule has 0 spiro atoms. The summed E-state index contributed by atoms with van der Waals surface area (Å²) in [7, 11) is -3.15. The van der Waals surface area contributed by atoms with Gasteiger partial charge in [-0.25, -0.2) is 8.42 Å². The number of anilines is 1. The van der Waals surface area contributed by atoms with Crippen LogP contribution in [-0.4, -0.2) is 32.9 Å². The number of benzene rings is 2. The Morgan fingerprint density at radius 3 is 1.92 bits per heavy atom. The molecule has 0 aliphatic rings. The minimum absolute atomic E-state index is 0.282. The van der Waals surface area contributed by atoms with Crippen LogP contribution in [0, 0.1) is 0 Å². The van der Waals surface area contributed by atoms with Crippen molar-refractivity contribution in [1.82, 2.24) is 0 Å². The average molecular weight is 374 g/mol. The average Bonchev–Trinajstić information content (AvgIpc) is 2.63. The van der Waals surface area contributed by atoms with Crippen molar-refractivity contribution in [2.24, 2.45) is 0 Å². The monoisotopic (exact) mass is 373 g/mol. The first kappa shape index (κ1) is 20.2. The van der Waals surface area contributed by atoms with E-state index in [9.17, 15) is 8.42 Å². The Kier molecular flexibility index (Phi) is 7.88. The van der Waals surface area contributed by atoms with E-state index in [0.717, 1.165) is 49.0 Å². The Labute approximate surface area is 156 Å². The van der Waals surface area contributed by atoms with Crippen molar-refractivity contribution < 1.29 is 13.5 Å². The molecule has 2 aromatic carbocycles. The van der Waals surface area contributed by atoms with E-state index < -0.39 is 9.84 Å². The van der Waals surface area contributed by atoms with E-state index >= 15 is 0 Å². The van der Waals surface area contributed by atoms with E-state index in [-0.39, 0.29) is 6.61 Å². The second kappa shape index (κ2) is 10.1. The van der Waals surface area contributed by atoms with Gasteiger partial charge in [-0.15, -0.1) is 0 Å². The number of sulfone groups is 1. The van der Waals surface area contributed by atoms with Gasteiger partial charge in [-0.2, -0.15) is 0 Å². The fraction of sp³-hybridized carbons (Fsp3) is 0.333. The fourth-order valence-corrected chi connectivity index (χ4v) is 3.18. The van der Waals surface area contributed by atoms with Gasteiger partial charge in [0.15, 0.2) is 9.84 Å². The molecule has 140 valence electrons. The lowest BCUT2D eigenvalue weighted by atomic mass is 10.1. The van der Waals surface area contributed by atoms with Crippen LogP contribution in [0.25, 0.3) is 12.2 Å². The van der Waals surface area contributed by atoms with Gasteiger partial charge in [0.05, 0.1) is 4.90 Å².